The van der Waals surface area contributed by atoms with E-state index in [0.717, 1.165) is 80.5 Å². The highest BCUT2D eigenvalue weighted by Gasteiger charge is 2.35. The molecule has 1 N–H and O–H groups in total. The number of halogens is 2. The summed E-state index contributed by atoms with van der Waals surface area (Å²) in [5, 5.41) is 6.04. The van der Waals surface area contributed by atoms with Crippen LogP contribution in [0, 0.1) is 11.7 Å². The van der Waals surface area contributed by atoms with E-state index >= 15 is 4.39 Å². The molecule has 0 radical (unpaired) electrons. The number of benzene rings is 3. The summed E-state index contributed by atoms with van der Waals surface area (Å²) in [6, 6.07) is 16.5. The molecular weight excluding hydrogens is 557 g/mol. The number of hydrogen-bond acceptors (Lipinski definition) is 4. The number of fused-ring (bicyclic) bond motifs is 3. The number of likely N-dealkylation sites (tertiary alicyclic amines) is 2. The first kappa shape index (κ1) is 29.8. The zero-order valence-electron chi connectivity index (χ0n) is 25.3. The van der Waals surface area contributed by atoms with Crippen LogP contribution in [0.5, 0.6) is 0 Å². The Morgan fingerprint density at radius 1 is 1.05 bits per heavy atom. The SMILES string of the molecule is C=Nc1c(C(=NCCCCCN2CCCC(C)C2=C)N2CC3CCC(C2)N3)cc(Cl)c(-c2cccc3ccccc23)c1F. The molecule has 3 aromatic carbocycles. The number of hydrogen-bond donors (Lipinski definition) is 1. The van der Waals surface area contributed by atoms with Gasteiger partial charge in [-0.3, -0.25) is 9.98 Å². The number of nitrogens with zero attached hydrogens (tertiary/aromatic N) is 4. The Bertz CT molecular complexity index is 1520. The van der Waals surface area contributed by atoms with Gasteiger partial charge in [-0.1, -0.05) is 67.6 Å². The van der Waals surface area contributed by atoms with Gasteiger partial charge in [0.2, 0.25) is 0 Å². The molecule has 0 spiro atoms. The molecule has 3 saturated heterocycles. The number of unbranched alkanes of at least 4 members (excludes halogenated alkanes) is 2. The molecule has 3 unspecified atom stereocenters. The molecule has 0 saturated carbocycles. The van der Waals surface area contributed by atoms with Crippen molar-refractivity contribution >= 4 is 40.6 Å². The minimum Gasteiger partial charge on any atom is -0.375 e. The van der Waals surface area contributed by atoms with Gasteiger partial charge in [0, 0.05) is 61.6 Å². The third-order valence-electron chi connectivity index (χ3n) is 9.55. The Morgan fingerprint density at radius 2 is 1.81 bits per heavy atom. The molecular formula is C36H43ClFN5. The summed E-state index contributed by atoms with van der Waals surface area (Å²) >= 11 is 6.95. The Balaban J connectivity index is 1.27. The van der Waals surface area contributed by atoms with Gasteiger partial charge in [-0.15, -0.1) is 0 Å². The van der Waals surface area contributed by atoms with E-state index in [1.807, 2.05) is 48.5 Å². The van der Waals surface area contributed by atoms with Crippen LogP contribution in [0.2, 0.25) is 5.02 Å². The van der Waals surface area contributed by atoms with Crippen LogP contribution in [-0.4, -0.2) is 67.2 Å². The number of piperazine rings is 1. The standard InChI is InChI=1S/C36H43ClFN5/c1-24-11-10-20-42(25(24)2)19-8-4-7-18-40-36(43-22-27-16-17-28(23-43)41-27)31-21-32(37)33(34(38)35(31)39-3)30-15-9-13-26-12-5-6-14-29(26)30/h5-6,9,12-15,21,24,27-28,41H,2-4,7-8,10-11,16-20,22-23H2,1H3. The normalized spacial score (nSPS) is 22.4. The average Bonchev–Trinajstić information content (AvgIpc) is 3.35. The predicted molar refractivity (Wildman–Crippen MR) is 179 cm³/mol. The number of rotatable bonds is 9. The van der Waals surface area contributed by atoms with Crippen molar-refractivity contribution in [3.05, 3.63) is 77.2 Å². The average molecular weight is 600 g/mol. The first-order valence-corrected chi connectivity index (χ1v) is 16.3. The summed E-state index contributed by atoms with van der Waals surface area (Å²) in [5.41, 5.74) is 3.24. The molecule has 3 aliphatic rings. The second-order valence-electron chi connectivity index (χ2n) is 12.5. The molecule has 2 bridgehead atoms. The van der Waals surface area contributed by atoms with Crippen LogP contribution >= 0.6 is 11.6 Å². The van der Waals surface area contributed by atoms with Gasteiger partial charge < -0.3 is 15.1 Å². The van der Waals surface area contributed by atoms with E-state index < -0.39 is 5.82 Å². The Labute approximate surface area is 260 Å². The molecule has 6 rings (SSSR count). The van der Waals surface area contributed by atoms with Gasteiger partial charge in [-0.25, -0.2) is 4.39 Å². The van der Waals surface area contributed by atoms with Crippen LogP contribution in [0.15, 0.2) is 70.8 Å². The Kier molecular flexibility index (Phi) is 9.15. The number of piperidine rings is 1. The van der Waals surface area contributed by atoms with Gasteiger partial charge in [0.1, 0.15) is 11.5 Å². The number of allylic oxidation sites excluding steroid dienone is 1. The molecule has 0 amide bonds. The van der Waals surface area contributed by atoms with E-state index in [9.17, 15) is 0 Å². The van der Waals surface area contributed by atoms with Gasteiger partial charge >= 0.3 is 0 Å². The van der Waals surface area contributed by atoms with Crippen LogP contribution in [0.1, 0.15) is 57.4 Å². The number of amidine groups is 1. The van der Waals surface area contributed by atoms with E-state index in [1.165, 1.54) is 18.5 Å². The zero-order chi connectivity index (χ0) is 29.9. The molecule has 0 aliphatic carbocycles. The van der Waals surface area contributed by atoms with Crippen LogP contribution in [-0.2, 0) is 0 Å². The molecule has 3 aromatic rings. The van der Waals surface area contributed by atoms with Crippen LogP contribution < -0.4 is 5.32 Å². The Hall–Kier alpha value is -3.22. The molecule has 5 nitrogen and oxygen atoms in total. The second-order valence-corrected chi connectivity index (χ2v) is 12.9. The largest absolute Gasteiger partial charge is 0.375 e. The molecule has 43 heavy (non-hydrogen) atoms. The summed E-state index contributed by atoms with van der Waals surface area (Å²) in [6.45, 7) is 14.9. The van der Waals surface area contributed by atoms with Crippen LogP contribution in [0.4, 0.5) is 10.1 Å². The number of aliphatic imine (C=N–C) groups is 2. The maximum atomic E-state index is 16.5. The van der Waals surface area contributed by atoms with Gasteiger partial charge in [0.25, 0.3) is 0 Å². The van der Waals surface area contributed by atoms with Crippen molar-refractivity contribution in [1.29, 1.82) is 0 Å². The van der Waals surface area contributed by atoms with Crippen molar-refractivity contribution in [2.75, 3.05) is 32.7 Å². The van der Waals surface area contributed by atoms with Gasteiger partial charge in [0.15, 0.2) is 5.82 Å². The van der Waals surface area contributed by atoms with Crippen molar-refractivity contribution in [2.24, 2.45) is 15.9 Å². The lowest BCUT2D eigenvalue weighted by Gasteiger charge is -2.36. The van der Waals surface area contributed by atoms with Crippen molar-refractivity contribution in [3.63, 3.8) is 0 Å². The smallest absolute Gasteiger partial charge is 0.158 e. The fraction of sp³-hybridized carbons (Fsp3) is 0.444. The van der Waals surface area contributed by atoms with Crippen molar-refractivity contribution in [1.82, 2.24) is 15.1 Å². The summed E-state index contributed by atoms with van der Waals surface area (Å²) in [7, 11) is 0. The van der Waals surface area contributed by atoms with Crippen molar-refractivity contribution in [2.45, 2.75) is 64.0 Å². The lowest BCUT2D eigenvalue weighted by atomic mass is 9.95. The lowest BCUT2D eigenvalue weighted by molar-refractivity contribution is 0.247. The molecule has 7 heteroatoms. The summed E-state index contributed by atoms with van der Waals surface area (Å²) in [4.78, 5) is 14.2. The fourth-order valence-electron chi connectivity index (χ4n) is 7.19. The minimum atomic E-state index is -0.448. The fourth-order valence-corrected chi connectivity index (χ4v) is 7.49. The van der Waals surface area contributed by atoms with Crippen LogP contribution in [0.25, 0.3) is 21.9 Å². The molecule has 3 atom stereocenters. The first-order valence-electron chi connectivity index (χ1n) is 15.9. The topological polar surface area (TPSA) is 43.2 Å². The summed E-state index contributed by atoms with van der Waals surface area (Å²) in [6.07, 6.45) is 7.97. The highest BCUT2D eigenvalue weighted by molar-refractivity contribution is 6.34. The summed E-state index contributed by atoms with van der Waals surface area (Å²) in [5.74, 6) is 0.919. The van der Waals surface area contributed by atoms with Gasteiger partial charge in [-0.2, -0.15) is 0 Å². The zero-order valence-corrected chi connectivity index (χ0v) is 26.1. The molecule has 3 aliphatic heterocycles. The van der Waals surface area contributed by atoms with Crippen molar-refractivity contribution < 1.29 is 4.39 Å². The van der Waals surface area contributed by atoms with Gasteiger partial charge in [0.05, 0.1) is 5.02 Å². The Morgan fingerprint density at radius 3 is 2.60 bits per heavy atom. The lowest BCUT2D eigenvalue weighted by Crippen LogP contribution is -2.53. The maximum absolute atomic E-state index is 16.5. The molecule has 226 valence electrons. The quantitative estimate of drug-likeness (QED) is 0.153. The first-order chi connectivity index (χ1) is 20.9. The van der Waals surface area contributed by atoms with E-state index in [1.54, 1.807) is 0 Å². The van der Waals surface area contributed by atoms with Gasteiger partial charge in [-0.05, 0) is 80.0 Å². The predicted octanol–water partition coefficient (Wildman–Crippen LogP) is 8.23. The molecule has 3 heterocycles. The van der Waals surface area contributed by atoms with E-state index in [2.05, 4.69) is 40.3 Å². The third kappa shape index (κ3) is 6.23. The van der Waals surface area contributed by atoms with Crippen LogP contribution in [0.3, 0.4) is 0 Å². The highest BCUT2D eigenvalue weighted by Crippen LogP contribution is 2.42. The monoisotopic (exact) mass is 599 g/mol. The van der Waals surface area contributed by atoms with Crippen molar-refractivity contribution in [3.8, 4) is 11.1 Å². The van der Waals surface area contributed by atoms with E-state index in [-0.39, 0.29) is 5.69 Å². The van der Waals surface area contributed by atoms with E-state index in [0.29, 0.717) is 40.7 Å². The maximum Gasteiger partial charge on any atom is 0.158 e. The number of nitrogens with one attached hydrogen (secondary N) is 1. The highest BCUT2D eigenvalue weighted by atomic mass is 35.5. The third-order valence-corrected chi connectivity index (χ3v) is 9.85. The minimum absolute atomic E-state index is 0.217. The van der Waals surface area contributed by atoms with E-state index in [4.69, 9.17) is 16.6 Å². The molecule has 3 fully saturated rings. The molecule has 0 aromatic heterocycles. The second kappa shape index (κ2) is 13.2. The summed E-state index contributed by atoms with van der Waals surface area (Å²) < 4.78 is 16.5.